The van der Waals surface area contributed by atoms with Crippen molar-refractivity contribution in [3.63, 3.8) is 0 Å². The van der Waals surface area contributed by atoms with Crippen molar-refractivity contribution in [1.29, 1.82) is 0 Å². The topological polar surface area (TPSA) is 26.3 Å². The van der Waals surface area contributed by atoms with Crippen molar-refractivity contribution in [2.45, 2.75) is 6.42 Å². The van der Waals surface area contributed by atoms with Crippen LogP contribution in [0.3, 0.4) is 0 Å². The van der Waals surface area contributed by atoms with Crippen LogP contribution in [0.4, 0.5) is 4.39 Å². The Morgan fingerprint density at radius 2 is 2.05 bits per heavy atom. The van der Waals surface area contributed by atoms with Gasteiger partial charge in [-0.2, -0.15) is 0 Å². The summed E-state index contributed by atoms with van der Waals surface area (Å²) in [5, 5.41) is 0.274. The van der Waals surface area contributed by atoms with E-state index in [1.54, 1.807) is 31.4 Å². The number of methoxy groups -OCH3 is 1. The van der Waals surface area contributed by atoms with Crippen molar-refractivity contribution in [3.05, 3.63) is 64.4 Å². The largest absolute Gasteiger partial charge is 0.497 e. The molecular formula is C15H12ClFO2. The van der Waals surface area contributed by atoms with E-state index in [1.807, 2.05) is 0 Å². The molecule has 0 aliphatic heterocycles. The molecule has 0 atom stereocenters. The highest BCUT2D eigenvalue weighted by Crippen LogP contribution is 2.18. The van der Waals surface area contributed by atoms with Crippen LogP contribution in [0.1, 0.15) is 15.9 Å². The molecule has 0 spiro atoms. The monoisotopic (exact) mass is 278 g/mol. The van der Waals surface area contributed by atoms with Crippen molar-refractivity contribution in [1.82, 2.24) is 0 Å². The fourth-order valence-electron chi connectivity index (χ4n) is 1.78. The Morgan fingerprint density at radius 3 is 2.74 bits per heavy atom. The van der Waals surface area contributed by atoms with Gasteiger partial charge in [0.15, 0.2) is 5.78 Å². The molecule has 0 aliphatic rings. The second-order valence-electron chi connectivity index (χ2n) is 4.08. The summed E-state index contributed by atoms with van der Waals surface area (Å²) < 4.78 is 18.7. The second-order valence-corrected chi connectivity index (χ2v) is 4.51. The Kier molecular flexibility index (Phi) is 4.17. The van der Waals surface area contributed by atoms with E-state index in [0.29, 0.717) is 5.75 Å². The molecule has 2 aromatic carbocycles. The first-order valence-electron chi connectivity index (χ1n) is 5.71. The number of Topliss-reactive ketones (excluding diaryl/α,β-unsaturated/α-hetero) is 1. The molecule has 0 unspecified atom stereocenters. The van der Waals surface area contributed by atoms with Crippen molar-refractivity contribution >= 4 is 17.4 Å². The summed E-state index contributed by atoms with van der Waals surface area (Å²) in [5.41, 5.74) is 0.825. The average Bonchev–Trinajstić information content (AvgIpc) is 2.38. The van der Waals surface area contributed by atoms with E-state index < -0.39 is 5.82 Å². The lowest BCUT2D eigenvalue weighted by atomic mass is 10.0. The van der Waals surface area contributed by atoms with Crippen molar-refractivity contribution in [2.24, 2.45) is 0 Å². The van der Waals surface area contributed by atoms with Gasteiger partial charge in [-0.15, -0.1) is 0 Å². The minimum atomic E-state index is -0.597. The smallest absolute Gasteiger partial charge is 0.170 e. The zero-order valence-electron chi connectivity index (χ0n) is 10.3. The number of hydrogen-bond acceptors (Lipinski definition) is 2. The molecule has 0 N–H and O–H groups in total. The number of rotatable bonds is 4. The summed E-state index contributed by atoms with van der Waals surface area (Å²) in [4.78, 5) is 12.0. The van der Waals surface area contributed by atoms with Crippen molar-refractivity contribution in [3.8, 4) is 5.75 Å². The number of ketones is 1. The predicted octanol–water partition coefficient (Wildman–Crippen LogP) is 3.91. The first-order valence-corrected chi connectivity index (χ1v) is 6.09. The second kappa shape index (κ2) is 5.85. The summed E-state index contributed by atoms with van der Waals surface area (Å²) in [6, 6.07) is 11.2. The lowest BCUT2D eigenvalue weighted by Crippen LogP contribution is -2.06. The van der Waals surface area contributed by atoms with Gasteiger partial charge in [-0.05, 0) is 35.9 Å². The lowest BCUT2D eigenvalue weighted by Gasteiger charge is -2.05. The van der Waals surface area contributed by atoms with Gasteiger partial charge in [-0.3, -0.25) is 4.79 Å². The van der Waals surface area contributed by atoms with Crippen LogP contribution in [0.2, 0.25) is 5.02 Å². The van der Waals surface area contributed by atoms with Crippen LogP contribution in [0.5, 0.6) is 5.75 Å². The van der Waals surface area contributed by atoms with Crippen LogP contribution >= 0.6 is 11.6 Å². The summed E-state index contributed by atoms with van der Waals surface area (Å²) in [5.74, 6) is -0.218. The van der Waals surface area contributed by atoms with Gasteiger partial charge >= 0.3 is 0 Å². The van der Waals surface area contributed by atoms with Gasteiger partial charge in [0.2, 0.25) is 0 Å². The highest BCUT2D eigenvalue weighted by molar-refractivity contribution is 6.30. The van der Waals surface area contributed by atoms with Crippen LogP contribution in [0.25, 0.3) is 0 Å². The third-order valence-corrected chi connectivity index (χ3v) is 2.97. The third-order valence-electron chi connectivity index (χ3n) is 2.73. The molecule has 98 valence electrons. The Labute approximate surface area is 115 Å². The van der Waals surface area contributed by atoms with Crippen LogP contribution < -0.4 is 4.74 Å². The molecule has 0 amide bonds. The first-order chi connectivity index (χ1) is 9.10. The molecule has 0 bridgehead atoms. The number of ether oxygens (including phenoxy) is 1. The molecule has 0 saturated heterocycles. The maximum Gasteiger partial charge on any atom is 0.170 e. The third kappa shape index (κ3) is 3.32. The van der Waals surface area contributed by atoms with E-state index in [1.165, 1.54) is 12.1 Å². The quantitative estimate of drug-likeness (QED) is 0.793. The predicted molar refractivity (Wildman–Crippen MR) is 72.4 cm³/mol. The lowest BCUT2D eigenvalue weighted by molar-refractivity contribution is 0.0989. The van der Waals surface area contributed by atoms with E-state index in [4.69, 9.17) is 16.3 Å². The van der Waals surface area contributed by atoms with Crippen molar-refractivity contribution < 1.29 is 13.9 Å². The van der Waals surface area contributed by atoms with Gasteiger partial charge in [-0.25, -0.2) is 4.39 Å². The van der Waals surface area contributed by atoms with Gasteiger partial charge < -0.3 is 4.74 Å². The Hall–Kier alpha value is -1.87. The van der Waals surface area contributed by atoms with Gasteiger partial charge in [-0.1, -0.05) is 23.7 Å². The Morgan fingerprint density at radius 1 is 1.26 bits per heavy atom. The van der Waals surface area contributed by atoms with Crippen molar-refractivity contribution in [2.75, 3.05) is 7.11 Å². The van der Waals surface area contributed by atoms with E-state index in [0.717, 1.165) is 11.6 Å². The maximum absolute atomic E-state index is 13.6. The molecular weight excluding hydrogens is 267 g/mol. The fourth-order valence-corrected chi connectivity index (χ4v) is 1.94. The zero-order valence-corrected chi connectivity index (χ0v) is 11.1. The van der Waals surface area contributed by atoms with E-state index in [2.05, 4.69) is 0 Å². The molecule has 2 nitrogen and oxygen atoms in total. The first kappa shape index (κ1) is 13.6. The summed E-state index contributed by atoms with van der Waals surface area (Å²) in [6.07, 6.45) is 0.121. The minimum Gasteiger partial charge on any atom is -0.497 e. The summed E-state index contributed by atoms with van der Waals surface area (Å²) in [6.45, 7) is 0. The van der Waals surface area contributed by atoms with Gasteiger partial charge in [0.05, 0.1) is 12.7 Å². The molecule has 0 radical (unpaired) electrons. The molecule has 4 heteroatoms. The van der Waals surface area contributed by atoms with Crippen LogP contribution in [0.15, 0.2) is 42.5 Å². The molecule has 0 saturated carbocycles. The number of benzene rings is 2. The molecule has 2 rings (SSSR count). The van der Waals surface area contributed by atoms with Crippen LogP contribution in [0, 0.1) is 5.82 Å². The Bertz CT molecular complexity index is 611. The van der Waals surface area contributed by atoms with E-state index in [9.17, 15) is 9.18 Å². The minimum absolute atomic E-state index is 0.0484. The highest BCUT2D eigenvalue weighted by Gasteiger charge is 2.13. The average molecular weight is 279 g/mol. The zero-order chi connectivity index (χ0) is 13.8. The highest BCUT2D eigenvalue weighted by atomic mass is 35.5. The van der Waals surface area contributed by atoms with Crippen LogP contribution in [-0.2, 0) is 6.42 Å². The van der Waals surface area contributed by atoms with Gasteiger partial charge in [0.1, 0.15) is 11.6 Å². The standard InChI is InChI=1S/C15H12ClFO2/c1-19-12-4-2-3-10(7-12)8-15(18)13-6-5-11(16)9-14(13)17/h2-7,9H,8H2,1H3. The van der Waals surface area contributed by atoms with Crippen LogP contribution in [-0.4, -0.2) is 12.9 Å². The molecule has 0 fully saturated rings. The van der Waals surface area contributed by atoms with Gasteiger partial charge in [0, 0.05) is 11.4 Å². The SMILES string of the molecule is COc1cccc(CC(=O)c2ccc(Cl)cc2F)c1. The number of halogens is 2. The molecule has 19 heavy (non-hydrogen) atoms. The van der Waals surface area contributed by atoms with E-state index in [-0.39, 0.29) is 22.8 Å². The number of carbonyl (C=O) groups is 1. The molecule has 0 heterocycles. The summed E-state index contributed by atoms with van der Waals surface area (Å²) >= 11 is 5.65. The van der Waals surface area contributed by atoms with Gasteiger partial charge in [0.25, 0.3) is 0 Å². The number of carbonyl (C=O) groups excluding carboxylic acids is 1. The molecule has 2 aromatic rings. The summed E-state index contributed by atoms with van der Waals surface area (Å²) in [7, 11) is 1.56. The fraction of sp³-hybridized carbons (Fsp3) is 0.133. The number of hydrogen-bond donors (Lipinski definition) is 0. The Balaban J connectivity index is 2.20. The van der Waals surface area contributed by atoms with E-state index >= 15 is 0 Å². The normalized spacial score (nSPS) is 10.3. The maximum atomic E-state index is 13.6. The molecule has 0 aromatic heterocycles. The molecule has 0 aliphatic carbocycles.